The van der Waals surface area contributed by atoms with Gasteiger partial charge in [-0.1, -0.05) is 11.3 Å². The predicted molar refractivity (Wildman–Crippen MR) is 125 cm³/mol. The molecule has 0 radical (unpaired) electrons. The number of hydrogen-bond donors (Lipinski definition) is 1. The van der Waals surface area contributed by atoms with Crippen LogP contribution in [0.5, 0.6) is 0 Å². The van der Waals surface area contributed by atoms with Crippen LogP contribution in [-0.4, -0.2) is 50.0 Å². The summed E-state index contributed by atoms with van der Waals surface area (Å²) >= 11 is 1.35. The first kappa shape index (κ1) is 24.0. The van der Waals surface area contributed by atoms with Crippen molar-refractivity contribution < 1.29 is 8.42 Å². The average Bonchev–Trinajstić information content (AvgIpc) is 3.08. The van der Waals surface area contributed by atoms with Gasteiger partial charge in [-0.15, -0.1) is 20.4 Å². The van der Waals surface area contributed by atoms with Crippen LogP contribution >= 0.6 is 11.3 Å². The zero-order chi connectivity index (χ0) is 22.5. The highest BCUT2D eigenvalue weighted by Crippen LogP contribution is 2.34. The van der Waals surface area contributed by atoms with E-state index in [2.05, 4.69) is 62.6 Å². The van der Waals surface area contributed by atoms with Gasteiger partial charge in [-0.25, -0.2) is 8.42 Å². The summed E-state index contributed by atoms with van der Waals surface area (Å²) in [4.78, 5) is 4.28. The highest BCUT2D eigenvalue weighted by atomic mass is 32.2. The topological polar surface area (TPSA) is 103 Å². The Balaban J connectivity index is 2.36. The molecule has 2 aromatic rings. The highest BCUT2D eigenvalue weighted by Gasteiger charge is 2.19. The van der Waals surface area contributed by atoms with E-state index in [4.69, 9.17) is 0 Å². The van der Waals surface area contributed by atoms with Crippen LogP contribution in [0, 0.1) is 0 Å². The molecule has 0 saturated heterocycles. The fraction of sp³-hybridized carbons (Fsp3) is 0.579. The van der Waals surface area contributed by atoms with Gasteiger partial charge in [0.25, 0.3) is 5.13 Å². The zero-order valence-corrected chi connectivity index (χ0v) is 20.3. The second kappa shape index (κ2) is 10.2. The molecule has 0 atom stereocenters. The lowest BCUT2D eigenvalue weighted by molar-refractivity contribution is 0.603. The van der Waals surface area contributed by atoms with Crippen LogP contribution < -0.4 is 14.5 Å². The molecule has 2 rings (SSSR count). The van der Waals surface area contributed by atoms with Crippen LogP contribution in [0.1, 0.15) is 41.5 Å². The van der Waals surface area contributed by atoms with E-state index in [0.717, 1.165) is 30.2 Å². The Bertz CT molecular complexity index is 959. The number of nitrogens with one attached hydrogen (secondary N) is 1. The van der Waals surface area contributed by atoms with Gasteiger partial charge in [0, 0.05) is 30.9 Å². The van der Waals surface area contributed by atoms with Crippen molar-refractivity contribution in [3.05, 3.63) is 18.2 Å². The van der Waals surface area contributed by atoms with Crippen LogP contribution in [0.25, 0.3) is 0 Å². The molecule has 0 fully saturated rings. The van der Waals surface area contributed by atoms with Crippen LogP contribution in [0.2, 0.25) is 0 Å². The van der Waals surface area contributed by atoms with Gasteiger partial charge in [-0.05, 0) is 59.7 Å². The Labute approximate surface area is 183 Å². The van der Waals surface area contributed by atoms with E-state index in [0.29, 0.717) is 16.5 Å². The molecule has 0 amide bonds. The van der Waals surface area contributed by atoms with Crippen molar-refractivity contribution in [1.82, 2.24) is 10.2 Å². The zero-order valence-electron chi connectivity index (χ0n) is 18.6. The van der Waals surface area contributed by atoms with Gasteiger partial charge in [0.15, 0.2) is 0 Å². The van der Waals surface area contributed by atoms with Gasteiger partial charge in [-0.2, -0.15) is 0 Å². The SMILES string of the molecule is CCN(CC)c1ccc(N=Nc2nnc(N(C(C)C)C(C)C)s2)c(NS(C)(=O)=O)c1. The summed E-state index contributed by atoms with van der Waals surface area (Å²) in [6.07, 6.45) is 1.11. The largest absolute Gasteiger partial charge is 0.372 e. The Morgan fingerprint density at radius 2 is 1.70 bits per heavy atom. The first-order valence-corrected chi connectivity index (χ1v) is 12.7. The van der Waals surface area contributed by atoms with Crippen molar-refractivity contribution >= 4 is 48.7 Å². The minimum atomic E-state index is -3.47. The second-order valence-electron chi connectivity index (χ2n) is 7.41. The van der Waals surface area contributed by atoms with Gasteiger partial charge in [0.05, 0.1) is 11.9 Å². The molecule has 0 saturated carbocycles. The average molecular weight is 454 g/mol. The molecule has 1 aromatic heterocycles. The van der Waals surface area contributed by atoms with Gasteiger partial charge in [0.1, 0.15) is 5.69 Å². The Hall–Kier alpha value is -2.27. The quantitative estimate of drug-likeness (QED) is 0.519. The van der Waals surface area contributed by atoms with Crippen LogP contribution in [-0.2, 0) is 10.0 Å². The van der Waals surface area contributed by atoms with Crippen LogP contribution in [0.4, 0.5) is 27.3 Å². The van der Waals surface area contributed by atoms with E-state index in [1.54, 1.807) is 12.1 Å². The highest BCUT2D eigenvalue weighted by molar-refractivity contribution is 7.92. The van der Waals surface area contributed by atoms with Crippen molar-refractivity contribution in [3.8, 4) is 0 Å². The molecule has 9 nitrogen and oxygen atoms in total. The molecule has 30 heavy (non-hydrogen) atoms. The Morgan fingerprint density at radius 3 is 2.23 bits per heavy atom. The summed E-state index contributed by atoms with van der Waals surface area (Å²) < 4.78 is 26.2. The number of rotatable bonds is 10. The number of aromatic nitrogens is 2. The molecule has 0 aliphatic carbocycles. The molecule has 166 valence electrons. The molecule has 11 heteroatoms. The van der Waals surface area contributed by atoms with Gasteiger partial charge < -0.3 is 9.80 Å². The van der Waals surface area contributed by atoms with Gasteiger partial charge >= 0.3 is 0 Å². The number of sulfonamides is 1. The summed E-state index contributed by atoms with van der Waals surface area (Å²) in [6, 6.07) is 5.98. The third-order valence-corrected chi connectivity index (χ3v) is 5.80. The summed E-state index contributed by atoms with van der Waals surface area (Å²) in [5, 5.41) is 18.0. The minimum Gasteiger partial charge on any atom is -0.372 e. The lowest BCUT2D eigenvalue weighted by Gasteiger charge is -2.29. The summed E-state index contributed by atoms with van der Waals surface area (Å²) in [6.45, 7) is 14.1. The van der Waals surface area contributed by atoms with E-state index in [9.17, 15) is 8.42 Å². The third-order valence-electron chi connectivity index (χ3n) is 4.38. The van der Waals surface area contributed by atoms with Gasteiger partial charge in [0.2, 0.25) is 15.2 Å². The van der Waals surface area contributed by atoms with Crippen LogP contribution in [0.15, 0.2) is 28.4 Å². The Morgan fingerprint density at radius 1 is 1.07 bits per heavy atom. The van der Waals surface area contributed by atoms with Crippen molar-refractivity contribution in [2.24, 2.45) is 10.2 Å². The normalized spacial score (nSPS) is 12.2. The lowest BCUT2D eigenvalue weighted by atomic mass is 10.2. The molecule has 1 N–H and O–H groups in total. The van der Waals surface area contributed by atoms with E-state index >= 15 is 0 Å². The third kappa shape index (κ3) is 6.36. The molecule has 1 aromatic carbocycles. The van der Waals surface area contributed by atoms with Crippen molar-refractivity contribution in [2.45, 2.75) is 53.6 Å². The number of hydrogen-bond acceptors (Lipinski definition) is 9. The van der Waals surface area contributed by atoms with E-state index < -0.39 is 10.0 Å². The first-order valence-electron chi connectivity index (χ1n) is 9.96. The fourth-order valence-electron chi connectivity index (χ4n) is 3.17. The number of benzene rings is 1. The van der Waals surface area contributed by atoms with Gasteiger partial charge in [-0.3, -0.25) is 4.72 Å². The van der Waals surface area contributed by atoms with Crippen molar-refractivity contribution in [1.29, 1.82) is 0 Å². The second-order valence-corrected chi connectivity index (χ2v) is 10.1. The number of nitrogens with zero attached hydrogens (tertiary/aromatic N) is 6. The molecule has 0 spiro atoms. The number of azo groups is 1. The number of anilines is 3. The minimum absolute atomic E-state index is 0.279. The Kier molecular flexibility index (Phi) is 8.13. The molecule has 0 unspecified atom stereocenters. The van der Waals surface area contributed by atoms with Crippen molar-refractivity contribution in [2.75, 3.05) is 33.9 Å². The van der Waals surface area contributed by atoms with E-state index in [1.165, 1.54) is 11.3 Å². The maximum Gasteiger partial charge on any atom is 0.253 e. The summed E-state index contributed by atoms with van der Waals surface area (Å²) in [5.74, 6) is 0. The summed E-state index contributed by atoms with van der Waals surface area (Å²) in [5.41, 5.74) is 1.70. The molecule has 1 heterocycles. The maximum atomic E-state index is 11.8. The van der Waals surface area contributed by atoms with Crippen LogP contribution in [0.3, 0.4) is 0 Å². The fourth-order valence-corrected chi connectivity index (χ4v) is 4.66. The first-order chi connectivity index (χ1) is 14.1. The monoisotopic (exact) mass is 453 g/mol. The standard InChI is InChI=1S/C19H31N7O2S2/c1-8-25(9-2)15-10-11-16(17(12-15)24-30(7,27)28)20-21-18-22-23-19(29-18)26(13(3)4)14(5)6/h10-14,24H,8-9H2,1-7H3. The molecular weight excluding hydrogens is 422 g/mol. The predicted octanol–water partition coefficient (Wildman–Crippen LogP) is 4.79. The summed E-state index contributed by atoms with van der Waals surface area (Å²) in [7, 11) is -3.47. The lowest BCUT2D eigenvalue weighted by Crippen LogP contribution is -2.36. The molecule has 0 aliphatic heterocycles. The molecule has 0 aliphatic rings. The maximum absolute atomic E-state index is 11.8. The van der Waals surface area contributed by atoms with E-state index in [1.807, 2.05) is 19.9 Å². The molecular formula is C19H31N7O2S2. The molecule has 0 bridgehead atoms. The smallest absolute Gasteiger partial charge is 0.253 e. The van der Waals surface area contributed by atoms with E-state index in [-0.39, 0.29) is 12.1 Å². The van der Waals surface area contributed by atoms with Crippen molar-refractivity contribution in [3.63, 3.8) is 0 Å².